The van der Waals surface area contributed by atoms with Crippen LogP contribution in [0.25, 0.3) is 89.5 Å². The van der Waals surface area contributed by atoms with Crippen LogP contribution < -0.4 is 0 Å². The fourth-order valence-electron chi connectivity index (χ4n) is 9.84. The summed E-state index contributed by atoms with van der Waals surface area (Å²) in [6.45, 7) is 0. The first-order valence-corrected chi connectivity index (χ1v) is 21.4. The van der Waals surface area contributed by atoms with Gasteiger partial charge in [-0.25, -0.2) is 9.97 Å². The summed E-state index contributed by atoms with van der Waals surface area (Å²) in [5.74, 6) is 0.714. The molecule has 1 aromatic heterocycles. The van der Waals surface area contributed by atoms with Gasteiger partial charge in [0.25, 0.3) is 0 Å². The molecule has 0 atom stereocenters. The van der Waals surface area contributed by atoms with E-state index in [4.69, 9.17) is 9.97 Å². The van der Waals surface area contributed by atoms with Crippen LogP contribution in [0.1, 0.15) is 43.2 Å². The normalized spacial score (nSPS) is 13.8. The molecule has 286 valence electrons. The van der Waals surface area contributed by atoms with E-state index in [-0.39, 0.29) is 5.41 Å². The van der Waals surface area contributed by atoms with E-state index in [1.165, 1.54) is 87.7 Å². The monoisotopic (exact) mass is 768 g/mol. The minimum absolute atomic E-state index is 0.153. The average Bonchev–Trinajstić information content (AvgIpc) is 3.60. The number of benzene rings is 8. The van der Waals surface area contributed by atoms with Gasteiger partial charge in [-0.1, -0.05) is 201 Å². The number of hydrogen-bond donors (Lipinski definition) is 0. The van der Waals surface area contributed by atoms with E-state index in [0.717, 1.165) is 33.6 Å². The van der Waals surface area contributed by atoms with Crippen molar-refractivity contribution in [3.05, 3.63) is 217 Å². The molecule has 0 unspecified atom stereocenters. The first-order chi connectivity index (χ1) is 29.7. The molecule has 0 amide bonds. The van der Waals surface area contributed by atoms with Gasteiger partial charge >= 0.3 is 0 Å². The lowest BCUT2D eigenvalue weighted by atomic mass is 9.67. The van der Waals surface area contributed by atoms with Gasteiger partial charge in [-0.3, -0.25) is 0 Å². The Bertz CT molecular complexity index is 2980. The Balaban J connectivity index is 0.891. The Labute approximate surface area is 353 Å². The summed E-state index contributed by atoms with van der Waals surface area (Å²) in [7, 11) is 0. The second kappa shape index (κ2) is 15.2. The van der Waals surface area contributed by atoms with Gasteiger partial charge in [-0.05, 0) is 104 Å². The maximum absolute atomic E-state index is 5.13. The van der Waals surface area contributed by atoms with Gasteiger partial charge in [0.05, 0.1) is 11.4 Å². The number of rotatable bonds is 7. The topological polar surface area (TPSA) is 25.8 Å². The first-order valence-electron chi connectivity index (χ1n) is 21.4. The molecule has 1 fully saturated rings. The molecule has 0 N–H and O–H groups in total. The fraction of sp³-hybridized carbons (Fsp3) is 0.103. The van der Waals surface area contributed by atoms with Crippen LogP contribution in [0.2, 0.25) is 0 Å². The van der Waals surface area contributed by atoms with Crippen LogP contribution in [0.4, 0.5) is 0 Å². The van der Waals surface area contributed by atoms with E-state index >= 15 is 0 Å². The Morgan fingerprint density at radius 1 is 0.283 bits per heavy atom. The predicted octanol–water partition coefficient (Wildman–Crippen LogP) is 15.4. The van der Waals surface area contributed by atoms with Crippen molar-refractivity contribution < 1.29 is 0 Å². The van der Waals surface area contributed by atoms with Crippen molar-refractivity contribution in [3.63, 3.8) is 0 Å². The highest BCUT2D eigenvalue weighted by Crippen LogP contribution is 2.56. The summed E-state index contributed by atoms with van der Waals surface area (Å²) in [5, 5.41) is 0. The molecule has 0 radical (unpaired) electrons. The van der Waals surface area contributed by atoms with Crippen molar-refractivity contribution in [1.82, 2.24) is 9.97 Å². The van der Waals surface area contributed by atoms with E-state index in [1.54, 1.807) is 5.56 Å². The lowest BCUT2D eigenvalue weighted by Crippen LogP contribution is -2.28. The van der Waals surface area contributed by atoms with Crippen LogP contribution in [0.5, 0.6) is 0 Å². The van der Waals surface area contributed by atoms with Crippen molar-refractivity contribution in [1.29, 1.82) is 0 Å². The average molecular weight is 769 g/mol. The second-order valence-corrected chi connectivity index (χ2v) is 16.5. The van der Waals surface area contributed by atoms with Crippen LogP contribution in [-0.4, -0.2) is 9.97 Å². The lowest BCUT2D eigenvalue weighted by Gasteiger charge is -2.36. The molecular formula is C58H44N2. The molecule has 2 nitrogen and oxygen atoms in total. The first kappa shape index (κ1) is 36.0. The molecule has 0 bridgehead atoms. The van der Waals surface area contributed by atoms with Crippen LogP contribution in [0.3, 0.4) is 0 Å². The quantitative estimate of drug-likeness (QED) is 0.161. The molecule has 60 heavy (non-hydrogen) atoms. The van der Waals surface area contributed by atoms with E-state index in [0.29, 0.717) is 5.82 Å². The summed E-state index contributed by atoms with van der Waals surface area (Å²) in [4.78, 5) is 10.2. The third-order valence-electron chi connectivity index (χ3n) is 12.9. The Hall–Kier alpha value is -7.16. The largest absolute Gasteiger partial charge is 0.228 e. The SMILES string of the molecule is c1ccc(-c2ccc(-c3cc(-c4cccc(-c5ccc(-c6cccc(-c7ccc8c(c7)C7(CCCCC7)c7ccccc7-8)c6)cc5)c4)nc(-c4ccccc4)n3)cc2)cc1. The molecule has 2 aliphatic rings. The highest BCUT2D eigenvalue weighted by molar-refractivity contribution is 5.85. The van der Waals surface area contributed by atoms with Gasteiger partial charge in [0.2, 0.25) is 0 Å². The van der Waals surface area contributed by atoms with Gasteiger partial charge < -0.3 is 0 Å². The van der Waals surface area contributed by atoms with Crippen molar-refractivity contribution in [2.45, 2.75) is 37.5 Å². The summed E-state index contributed by atoms with van der Waals surface area (Å²) >= 11 is 0. The number of fused-ring (bicyclic) bond motifs is 5. The van der Waals surface area contributed by atoms with Crippen LogP contribution in [-0.2, 0) is 5.41 Å². The maximum atomic E-state index is 5.13. The smallest absolute Gasteiger partial charge is 0.160 e. The number of hydrogen-bond acceptors (Lipinski definition) is 2. The standard InChI is InChI=1S/C58H44N2/c1-4-14-40(15-5-1)41-28-30-44(31-29-41)55-39-56(60-57(59-55)45-16-6-2-7-17-45)50-21-13-19-47(37-50)43-26-24-42(25-27-43)46-18-12-20-48(36-46)49-32-33-52-51-22-8-9-23-53(51)58(54(52)38-49)34-10-3-11-35-58/h1-2,4-9,12-33,36-39H,3,10-11,34-35H2. The zero-order chi connectivity index (χ0) is 39.9. The molecule has 0 aliphatic heterocycles. The minimum Gasteiger partial charge on any atom is -0.228 e. The highest BCUT2D eigenvalue weighted by atomic mass is 14.9. The number of nitrogens with zero attached hydrogens (tertiary/aromatic N) is 2. The molecule has 8 aromatic carbocycles. The van der Waals surface area contributed by atoms with Gasteiger partial charge in [-0.15, -0.1) is 0 Å². The van der Waals surface area contributed by atoms with Crippen LogP contribution in [0, 0.1) is 0 Å². The van der Waals surface area contributed by atoms with Gasteiger partial charge in [0.15, 0.2) is 5.82 Å². The van der Waals surface area contributed by atoms with E-state index in [9.17, 15) is 0 Å². The number of aromatic nitrogens is 2. The van der Waals surface area contributed by atoms with Gasteiger partial charge in [0.1, 0.15) is 0 Å². The third-order valence-corrected chi connectivity index (χ3v) is 12.9. The highest BCUT2D eigenvalue weighted by Gasteiger charge is 2.43. The summed E-state index contributed by atoms with van der Waals surface area (Å²) in [6, 6.07) is 74.7. The summed E-state index contributed by atoms with van der Waals surface area (Å²) in [5.41, 5.74) is 20.7. The Kier molecular flexibility index (Phi) is 9.12. The molecule has 1 spiro atoms. The fourth-order valence-corrected chi connectivity index (χ4v) is 9.84. The maximum Gasteiger partial charge on any atom is 0.160 e. The van der Waals surface area contributed by atoms with E-state index in [2.05, 4.69) is 188 Å². The molecule has 2 heteroatoms. The Morgan fingerprint density at radius 3 is 1.38 bits per heavy atom. The molecule has 0 saturated heterocycles. The third kappa shape index (κ3) is 6.55. The van der Waals surface area contributed by atoms with Gasteiger partial charge in [-0.2, -0.15) is 0 Å². The van der Waals surface area contributed by atoms with Gasteiger partial charge in [0, 0.05) is 22.1 Å². The Morgan fingerprint density at radius 2 is 0.717 bits per heavy atom. The molecular weight excluding hydrogens is 725 g/mol. The molecule has 11 rings (SSSR count). The van der Waals surface area contributed by atoms with Crippen LogP contribution >= 0.6 is 0 Å². The van der Waals surface area contributed by atoms with Crippen molar-refractivity contribution in [2.75, 3.05) is 0 Å². The molecule has 2 aliphatic carbocycles. The zero-order valence-electron chi connectivity index (χ0n) is 33.6. The van der Waals surface area contributed by atoms with E-state index < -0.39 is 0 Å². The van der Waals surface area contributed by atoms with Crippen molar-refractivity contribution >= 4 is 0 Å². The van der Waals surface area contributed by atoms with Crippen LogP contribution in [0.15, 0.2) is 206 Å². The second-order valence-electron chi connectivity index (χ2n) is 16.5. The van der Waals surface area contributed by atoms with Crippen molar-refractivity contribution in [2.24, 2.45) is 0 Å². The lowest BCUT2D eigenvalue weighted by molar-refractivity contribution is 0.353. The summed E-state index contributed by atoms with van der Waals surface area (Å²) < 4.78 is 0. The van der Waals surface area contributed by atoms with E-state index in [1.807, 2.05) is 18.2 Å². The predicted molar refractivity (Wildman–Crippen MR) is 249 cm³/mol. The zero-order valence-corrected chi connectivity index (χ0v) is 33.6. The molecule has 1 saturated carbocycles. The summed E-state index contributed by atoms with van der Waals surface area (Å²) in [6.07, 6.45) is 6.43. The molecule has 9 aromatic rings. The molecule has 1 heterocycles. The van der Waals surface area contributed by atoms with Crippen molar-refractivity contribution in [3.8, 4) is 89.5 Å². The minimum atomic E-state index is 0.153.